The maximum atomic E-state index is 12.2. The lowest BCUT2D eigenvalue weighted by molar-refractivity contribution is 0.102. The number of hydrogen-bond acceptors (Lipinski definition) is 4. The van der Waals surface area contributed by atoms with E-state index in [4.69, 9.17) is 4.74 Å². The summed E-state index contributed by atoms with van der Waals surface area (Å²) in [6, 6.07) is 12.8. The van der Waals surface area contributed by atoms with E-state index in [9.17, 15) is 13.2 Å². The van der Waals surface area contributed by atoms with Crippen LogP contribution in [0.1, 0.15) is 17.3 Å². The summed E-state index contributed by atoms with van der Waals surface area (Å²) in [5.74, 6) is 0.203. The lowest BCUT2D eigenvalue weighted by atomic mass is 10.2. The van der Waals surface area contributed by atoms with Crippen LogP contribution < -0.4 is 14.8 Å². The molecule has 2 aromatic carbocycles. The lowest BCUT2D eigenvalue weighted by Gasteiger charge is -2.10. The van der Waals surface area contributed by atoms with Crippen LogP contribution in [-0.2, 0) is 10.0 Å². The van der Waals surface area contributed by atoms with Crippen molar-refractivity contribution in [3.63, 3.8) is 0 Å². The van der Waals surface area contributed by atoms with Crippen LogP contribution in [0, 0.1) is 0 Å². The first kappa shape index (κ1) is 17.0. The molecule has 1 amide bonds. The van der Waals surface area contributed by atoms with E-state index >= 15 is 0 Å². The number of rotatable bonds is 6. The molecular formula is C16H18N2O4S. The van der Waals surface area contributed by atoms with E-state index in [-0.39, 0.29) is 10.8 Å². The normalized spacial score (nSPS) is 11.0. The van der Waals surface area contributed by atoms with Crippen LogP contribution in [0.4, 0.5) is 5.69 Å². The molecule has 0 heterocycles. The third kappa shape index (κ3) is 4.08. The summed E-state index contributed by atoms with van der Waals surface area (Å²) < 4.78 is 31.3. The minimum Gasteiger partial charge on any atom is -0.495 e. The number of benzene rings is 2. The number of nitrogens with one attached hydrogen (secondary N) is 2. The summed E-state index contributed by atoms with van der Waals surface area (Å²) in [4.78, 5) is 12.4. The Kier molecular flexibility index (Phi) is 5.36. The van der Waals surface area contributed by atoms with Gasteiger partial charge in [0.05, 0.1) is 17.7 Å². The van der Waals surface area contributed by atoms with Gasteiger partial charge in [-0.25, -0.2) is 13.1 Å². The van der Waals surface area contributed by atoms with Crippen molar-refractivity contribution in [1.29, 1.82) is 0 Å². The first-order valence-electron chi connectivity index (χ1n) is 7.02. The van der Waals surface area contributed by atoms with Gasteiger partial charge in [-0.2, -0.15) is 0 Å². The number of anilines is 1. The second kappa shape index (κ2) is 7.26. The average Bonchev–Trinajstić information content (AvgIpc) is 2.55. The minimum absolute atomic E-state index is 0.119. The third-order valence-corrected chi connectivity index (χ3v) is 4.68. The Balaban J connectivity index is 2.18. The van der Waals surface area contributed by atoms with Crippen LogP contribution in [0.25, 0.3) is 0 Å². The zero-order chi connectivity index (χ0) is 16.9. The maximum Gasteiger partial charge on any atom is 0.255 e. The number of sulfonamides is 1. The molecule has 23 heavy (non-hydrogen) atoms. The van der Waals surface area contributed by atoms with Gasteiger partial charge in [-0.3, -0.25) is 4.79 Å². The number of para-hydroxylation sites is 2. The molecule has 0 spiro atoms. The molecule has 0 aliphatic rings. The molecular weight excluding hydrogens is 316 g/mol. The summed E-state index contributed by atoms with van der Waals surface area (Å²) in [5, 5.41) is 2.73. The largest absolute Gasteiger partial charge is 0.495 e. The number of carbonyl (C=O) groups excluding carboxylic acids is 1. The predicted octanol–water partition coefficient (Wildman–Crippen LogP) is 2.25. The fourth-order valence-electron chi connectivity index (χ4n) is 2.00. The van der Waals surface area contributed by atoms with Gasteiger partial charge in [-0.15, -0.1) is 0 Å². The quantitative estimate of drug-likeness (QED) is 0.848. The molecule has 0 saturated heterocycles. The second-order valence-electron chi connectivity index (χ2n) is 4.68. The van der Waals surface area contributed by atoms with Gasteiger partial charge in [0.25, 0.3) is 5.91 Å². The first-order chi connectivity index (χ1) is 11.0. The van der Waals surface area contributed by atoms with Crippen molar-refractivity contribution in [2.45, 2.75) is 11.8 Å². The molecule has 0 bridgehead atoms. The van der Waals surface area contributed by atoms with Crippen molar-refractivity contribution in [2.24, 2.45) is 0 Å². The van der Waals surface area contributed by atoms with Crippen LogP contribution in [0.5, 0.6) is 5.75 Å². The van der Waals surface area contributed by atoms with Crippen LogP contribution >= 0.6 is 0 Å². The molecule has 2 N–H and O–H groups in total. The number of hydrogen-bond donors (Lipinski definition) is 2. The Morgan fingerprint density at radius 3 is 2.35 bits per heavy atom. The molecule has 7 heteroatoms. The smallest absolute Gasteiger partial charge is 0.255 e. The van der Waals surface area contributed by atoms with Gasteiger partial charge in [-0.05, 0) is 36.4 Å². The van der Waals surface area contributed by atoms with E-state index in [1.54, 1.807) is 31.2 Å². The Morgan fingerprint density at radius 1 is 1.09 bits per heavy atom. The lowest BCUT2D eigenvalue weighted by Crippen LogP contribution is -2.23. The topological polar surface area (TPSA) is 84.5 Å². The van der Waals surface area contributed by atoms with Crippen LogP contribution in [0.3, 0.4) is 0 Å². The molecule has 2 rings (SSSR count). The van der Waals surface area contributed by atoms with Gasteiger partial charge in [0.1, 0.15) is 5.75 Å². The van der Waals surface area contributed by atoms with E-state index in [1.165, 1.54) is 31.4 Å². The second-order valence-corrected chi connectivity index (χ2v) is 6.45. The van der Waals surface area contributed by atoms with Gasteiger partial charge >= 0.3 is 0 Å². The summed E-state index contributed by atoms with van der Waals surface area (Å²) in [5.41, 5.74) is 0.899. The van der Waals surface area contributed by atoms with Crippen LogP contribution in [0.2, 0.25) is 0 Å². The van der Waals surface area contributed by atoms with Crippen molar-refractivity contribution >= 4 is 21.6 Å². The fourth-order valence-corrected chi connectivity index (χ4v) is 3.04. The van der Waals surface area contributed by atoms with Crippen molar-refractivity contribution in [3.05, 3.63) is 54.1 Å². The molecule has 6 nitrogen and oxygen atoms in total. The molecule has 0 saturated carbocycles. The summed E-state index contributed by atoms with van der Waals surface area (Å²) in [7, 11) is -2.00. The van der Waals surface area contributed by atoms with Gasteiger partial charge < -0.3 is 10.1 Å². The summed E-state index contributed by atoms with van der Waals surface area (Å²) in [6.07, 6.45) is 0. The first-order valence-corrected chi connectivity index (χ1v) is 8.50. The SMILES string of the molecule is CCNS(=O)(=O)c1ccc(C(=O)Nc2ccccc2OC)cc1. The molecule has 0 aliphatic heterocycles. The highest BCUT2D eigenvalue weighted by Gasteiger charge is 2.14. The molecule has 122 valence electrons. The van der Waals surface area contributed by atoms with E-state index in [0.29, 0.717) is 23.5 Å². The van der Waals surface area contributed by atoms with E-state index in [0.717, 1.165) is 0 Å². The van der Waals surface area contributed by atoms with Crippen molar-refractivity contribution in [1.82, 2.24) is 4.72 Å². The summed E-state index contributed by atoms with van der Waals surface area (Å²) in [6.45, 7) is 2.00. The molecule has 0 aliphatic carbocycles. The maximum absolute atomic E-state index is 12.2. The van der Waals surface area contributed by atoms with Crippen molar-refractivity contribution in [2.75, 3.05) is 19.0 Å². The predicted molar refractivity (Wildman–Crippen MR) is 88.3 cm³/mol. The van der Waals surface area contributed by atoms with Gasteiger partial charge in [0.2, 0.25) is 10.0 Å². The Morgan fingerprint density at radius 2 is 1.74 bits per heavy atom. The highest BCUT2D eigenvalue weighted by atomic mass is 32.2. The Labute approximate surface area is 135 Å². The average molecular weight is 334 g/mol. The molecule has 0 fully saturated rings. The van der Waals surface area contributed by atoms with Gasteiger partial charge in [-0.1, -0.05) is 19.1 Å². The number of carbonyl (C=O) groups is 1. The fraction of sp³-hybridized carbons (Fsp3) is 0.188. The van der Waals surface area contributed by atoms with Gasteiger partial charge in [0, 0.05) is 12.1 Å². The van der Waals surface area contributed by atoms with Crippen LogP contribution in [0.15, 0.2) is 53.4 Å². The third-order valence-electron chi connectivity index (χ3n) is 3.12. The molecule has 0 radical (unpaired) electrons. The highest BCUT2D eigenvalue weighted by Crippen LogP contribution is 2.23. The Hall–Kier alpha value is -2.38. The van der Waals surface area contributed by atoms with Crippen molar-refractivity contribution < 1.29 is 17.9 Å². The monoisotopic (exact) mass is 334 g/mol. The molecule has 0 aromatic heterocycles. The Bertz CT molecular complexity index is 786. The molecule has 2 aromatic rings. The van der Waals surface area contributed by atoms with Crippen molar-refractivity contribution in [3.8, 4) is 5.75 Å². The minimum atomic E-state index is -3.52. The number of methoxy groups -OCH3 is 1. The highest BCUT2D eigenvalue weighted by molar-refractivity contribution is 7.89. The molecule has 0 unspecified atom stereocenters. The van der Waals surface area contributed by atoms with E-state index in [2.05, 4.69) is 10.0 Å². The van der Waals surface area contributed by atoms with Gasteiger partial charge in [0.15, 0.2) is 0 Å². The zero-order valence-electron chi connectivity index (χ0n) is 12.9. The van der Waals surface area contributed by atoms with E-state index < -0.39 is 10.0 Å². The standard InChI is InChI=1S/C16H18N2O4S/c1-3-17-23(20,21)13-10-8-12(9-11-13)16(19)18-14-6-4-5-7-15(14)22-2/h4-11,17H,3H2,1-2H3,(H,18,19). The number of amides is 1. The zero-order valence-corrected chi connectivity index (χ0v) is 13.7. The molecule has 0 atom stereocenters. The number of ether oxygens (including phenoxy) is 1. The van der Waals surface area contributed by atoms with E-state index in [1.807, 2.05) is 0 Å². The van der Waals surface area contributed by atoms with Crippen LogP contribution in [-0.4, -0.2) is 28.0 Å². The summed E-state index contributed by atoms with van der Waals surface area (Å²) >= 11 is 0.